The lowest BCUT2D eigenvalue weighted by Gasteiger charge is -2.14. The summed E-state index contributed by atoms with van der Waals surface area (Å²) in [6, 6.07) is -0.246. The molecule has 0 bridgehead atoms. The lowest BCUT2D eigenvalue weighted by molar-refractivity contribution is -0.120. The van der Waals surface area contributed by atoms with Crippen molar-refractivity contribution in [2.45, 2.75) is 63.2 Å². The summed E-state index contributed by atoms with van der Waals surface area (Å²) in [5, 5.41) is 12.7. The minimum atomic E-state index is -0.274. The summed E-state index contributed by atoms with van der Waals surface area (Å²) in [7, 11) is 0. The van der Waals surface area contributed by atoms with Crippen LogP contribution >= 0.6 is 11.8 Å². The van der Waals surface area contributed by atoms with Gasteiger partial charge in [0.25, 0.3) is 0 Å². The topological polar surface area (TPSA) is 85.8 Å². The molecule has 0 fully saturated rings. The number of nitrogens with zero attached hydrogens (tertiary/aromatic N) is 3. The molecular weight excluding hydrogens is 286 g/mol. The van der Waals surface area contributed by atoms with E-state index in [0.29, 0.717) is 0 Å². The predicted octanol–water partition coefficient (Wildman–Crippen LogP) is 1.34. The van der Waals surface area contributed by atoms with Gasteiger partial charge in [0, 0.05) is 18.7 Å². The first-order chi connectivity index (χ1) is 10.2. The van der Waals surface area contributed by atoms with Crippen LogP contribution in [0.5, 0.6) is 0 Å². The molecule has 2 heterocycles. The third-order valence-electron chi connectivity index (χ3n) is 3.70. The van der Waals surface area contributed by atoms with Gasteiger partial charge in [-0.25, -0.2) is 0 Å². The zero-order valence-corrected chi connectivity index (χ0v) is 13.5. The third-order valence-corrected chi connectivity index (χ3v) is 4.70. The summed E-state index contributed by atoms with van der Waals surface area (Å²) < 4.78 is 2.23. The molecular formula is C14H25N5OS. The van der Waals surface area contributed by atoms with Gasteiger partial charge < -0.3 is 15.6 Å². The van der Waals surface area contributed by atoms with E-state index < -0.39 is 0 Å². The molecule has 1 atom stereocenters. The van der Waals surface area contributed by atoms with E-state index in [4.69, 9.17) is 5.73 Å². The van der Waals surface area contributed by atoms with E-state index in [0.717, 1.165) is 49.1 Å². The molecule has 118 valence electrons. The number of nitrogens with one attached hydrogen (secondary N) is 1. The Kier molecular flexibility index (Phi) is 6.50. The number of carbonyl (C=O) groups is 1. The molecule has 2 rings (SSSR count). The van der Waals surface area contributed by atoms with Crippen LogP contribution in [0.15, 0.2) is 5.16 Å². The standard InChI is InChI=1S/C14H25N5OS/c1-2-8-16-11(13(15)20)7-10-21-14-18-17-12-6-4-3-5-9-19(12)14/h11,16H,2-10H2,1H3,(H2,15,20). The minimum absolute atomic E-state index is 0.246. The Morgan fingerprint density at radius 3 is 3.05 bits per heavy atom. The van der Waals surface area contributed by atoms with Gasteiger partial charge in [-0.15, -0.1) is 10.2 Å². The number of nitrogens with two attached hydrogens (primary N) is 1. The maximum atomic E-state index is 11.4. The van der Waals surface area contributed by atoms with Crippen molar-refractivity contribution in [3.63, 3.8) is 0 Å². The van der Waals surface area contributed by atoms with Crippen molar-refractivity contribution in [1.82, 2.24) is 20.1 Å². The molecule has 21 heavy (non-hydrogen) atoms. The predicted molar refractivity (Wildman–Crippen MR) is 84.2 cm³/mol. The minimum Gasteiger partial charge on any atom is -0.368 e. The normalized spacial score (nSPS) is 16.2. The molecule has 0 spiro atoms. The highest BCUT2D eigenvalue weighted by molar-refractivity contribution is 7.99. The number of amides is 1. The van der Waals surface area contributed by atoms with E-state index in [1.54, 1.807) is 11.8 Å². The van der Waals surface area contributed by atoms with Crippen LogP contribution in [0.2, 0.25) is 0 Å². The van der Waals surface area contributed by atoms with Crippen molar-refractivity contribution in [3.05, 3.63) is 5.82 Å². The summed E-state index contributed by atoms with van der Waals surface area (Å²) >= 11 is 1.67. The summed E-state index contributed by atoms with van der Waals surface area (Å²) in [6.45, 7) is 3.90. The van der Waals surface area contributed by atoms with Crippen LogP contribution in [0.25, 0.3) is 0 Å². The van der Waals surface area contributed by atoms with Gasteiger partial charge >= 0.3 is 0 Å². The number of rotatable bonds is 8. The fraction of sp³-hybridized carbons (Fsp3) is 0.786. The van der Waals surface area contributed by atoms with Gasteiger partial charge in [0.1, 0.15) is 5.82 Å². The molecule has 1 amide bonds. The molecule has 0 radical (unpaired) electrons. The number of fused-ring (bicyclic) bond motifs is 1. The van der Waals surface area contributed by atoms with E-state index in [1.807, 2.05) is 0 Å². The van der Waals surface area contributed by atoms with Crippen molar-refractivity contribution in [2.75, 3.05) is 12.3 Å². The van der Waals surface area contributed by atoms with Crippen LogP contribution < -0.4 is 11.1 Å². The second-order valence-corrected chi connectivity index (χ2v) is 6.47. The molecule has 3 N–H and O–H groups in total. The molecule has 6 nitrogen and oxygen atoms in total. The van der Waals surface area contributed by atoms with Gasteiger partial charge in [-0.1, -0.05) is 25.1 Å². The largest absolute Gasteiger partial charge is 0.368 e. The monoisotopic (exact) mass is 311 g/mol. The fourth-order valence-electron chi connectivity index (χ4n) is 2.50. The van der Waals surface area contributed by atoms with Gasteiger partial charge in [-0.05, 0) is 32.2 Å². The van der Waals surface area contributed by atoms with Crippen LogP contribution in [0.4, 0.5) is 0 Å². The Morgan fingerprint density at radius 1 is 1.43 bits per heavy atom. The van der Waals surface area contributed by atoms with Crippen molar-refractivity contribution in [1.29, 1.82) is 0 Å². The first-order valence-corrected chi connectivity index (χ1v) is 8.78. The van der Waals surface area contributed by atoms with Crippen LogP contribution in [0, 0.1) is 0 Å². The van der Waals surface area contributed by atoms with Gasteiger partial charge in [0.05, 0.1) is 6.04 Å². The van der Waals surface area contributed by atoms with Gasteiger partial charge in [0.2, 0.25) is 5.91 Å². The maximum absolute atomic E-state index is 11.4. The number of aromatic nitrogens is 3. The Bertz CT molecular complexity index is 462. The highest BCUT2D eigenvalue weighted by atomic mass is 32.2. The number of hydrogen-bond acceptors (Lipinski definition) is 5. The van der Waals surface area contributed by atoms with E-state index >= 15 is 0 Å². The number of thioether (sulfide) groups is 1. The third kappa shape index (κ3) is 4.71. The summed E-state index contributed by atoms with van der Waals surface area (Å²) in [5.41, 5.74) is 5.42. The number of carbonyl (C=O) groups excluding carboxylic acids is 1. The average Bonchev–Trinajstić information content (AvgIpc) is 2.70. The van der Waals surface area contributed by atoms with E-state index in [2.05, 4.69) is 27.0 Å². The second kappa shape index (κ2) is 8.38. The highest BCUT2D eigenvalue weighted by Gasteiger charge is 2.17. The molecule has 0 aromatic carbocycles. The van der Waals surface area contributed by atoms with E-state index in [1.165, 1.54) is 19.3 Å². The van der Waals surface area contributed by atoms with Crippen LogP contribution in [0.1, 0.15) is 44.9 Å². The fourth-order valence-corrected chi connectivity index (χ4v) is 3.48. The number of primary amides is 1. The summed E-state index contributed by atoms with van der Waals surface area (Å²) in [6.07, 6.45) is 6.40. The van der Waals surface area contributed by atoms with Crippen molar-refractivity contribution in [3.8, 4) is 0 Å². The molecule has 1 aliphatic heterocycles. The van der Waals surface area contributed by atoms with Crippen LogP contribution in [-0.2, 0) is 17.8 Å². The summed E-state index contributed by atoms with van der Waals surface area (Å²) in [5.74, 6) is 1.65. The molecule has 0 saturated carbocycles. The number of aryl methyl sites for hydroxylation is 1. The SMILES string of the molecule is CCCNC(CCSc1nnc2n1CCCCC2)C(N)=O. The van der Waals surface area contributed by atoms with Gasteiger partial charge in [-0.2, -0.15) is 0 Å². The lowest BCUT2D eigenvalue weighted by atomic mass is 10.2. The lowest BCUT2D eigenvalue weighted by Crippen LogP contribution is -2.42. The highest BCUT2D eigenvalue weighted by Crippen LogP contribution is 2.22. The Hall–Kier alpha value is -1.08. The van der Waals surface area contributed by atoms with Crippen molar-refractivity contribution < 1.29 is 4.79 Å². The first kappa shape index (κ1) is 16.3. The van der Waals surface area contributed by atoms with Crippen LogP contribution in [-0.4, -0.2) is 39.0 Å². The van der Waals surface area contributed by atoms with E-state index in [-0.39, 0.29) is 11.9 Å². The molecule has 1 aliphatic rings. The van der Waals surface area contributed by atoms with Crippen molar-refractivity contribution >= 4 is 17.7 Å². The Labute approximate surface area is 130 Å². The number of hydrogen-bond donors (Lipinski definition) is 2. The van der Waals surface area contributed by atoms with Gasteiger partial charge in [0.15, 0.2) is 5.16 Å². The Morgan fingerprint density at radius 2 is 2.29 bits per heavy atom. The molecule has 1 aromatic heterocycles. The second-order valence-electron chi connectivity index (χ2n) is 5.41. The Balaban J connectivity index is 1.85. The summed E-state index contributed by atoms with van der Waals surface area (Å²) in [4.78, 5) is 11.4. The molecule has 7 heteroatoms. The molecule has 1 aromatic rings. The van der Waals surface area contributed by atoms with E-state index in [9.17, 15) is 4.79 Å². The zero-order valence-electron chi connectivity index (χ0n) is 12.7. The first-order valence-electron chi connectivity index (χ1n) is 7.80. The quantitative estimate of drug-likeness (QED) is 0.708. The molecule has 0 saturated heterocycles. The molecule has 0 aliphatic carbocycles. The average molecular weight is 311 g/mol. The van der Waals surface area contributed by atoms with Gasteiger partial charge in [-0.3, -0.25) is 4.79 Å². The molecule has 1 unspecified atom stereocenters. The van der Waals surface area contributed by atoms with Crippen LogP contribution in [0.3, 0.4) is 0 Å². The smallest absolute Gasteiger partial charge is 0.234 e. The maximum Gasteiger partial charge on any atom is 0.234 e. The van der Waals surface area contributed by atoms with Crippen molar-refractivity contribution in [2.24, 2.45) is 5.73 Å². The zero-order chi connectivity index (χ0) is 15.1.